The van der Waals surface area contributed by atoms with Gasteiger partial charge in [-0.1, -0.05) is 11.6 Å². The number of aryl methyl sites for hydroxylation is 1. The molecule has 1 heterocycles. The monoisotopic (exact) mass is 279 g/mol. The molecule has 0 aliphatic heterocycles. The van der Waals surface area contributed by atoms with Crippen LogP contribution in [0.5, 0.6) is 0 Å². The van der Waals surface area contributed by atoms with Crippen LogP contribution in [0.3, 0.4) is 0 Å². The van der Waals surface area contributed by atoms with Gasteiger partial charge in [0.15, 0.2) is 0 Å². The molecule has 3 rings (SSSR count). The number of halogens is 3. The molecular formula is C15H12ClF2N. The summed E-state index contributed by atoms with van der Waals surface area (Å²) in [5.74, 6) is -1.18. The molecule has 0 N–H and O–H groups in total. The molecule has 98 valence electrons. The van der Waals surface area contributed by atoms with Gasteiger partial charge < -0.3 is 0 Å². The maximum atomic E-state index is 13.9. The van der Waals surface area contributed by atoms with Gasteiger partial charge in [0.1, 0.15) is 16.8 Å². The lowest BCUT2D eigenvalue weighted by molar-refractivity contribution is 0.585. The van der Waals surface area contributed by atoms with Gasteiger partial charge in [0.05, 0.1) is 5.69 Å². The summed E-state index contributed by atoms with van der Waals surface area (Å²) in [5.41, 5.74) is 3.05. The Bertz CT molecular complexity index is 640. The van der Waals surface area contributed by atoms with E-state index >= 15 is 0 Å². The van der Waals surface area contributed by atoms with E-state index in [0.29, 0.717) is 16.4 Å². The number of pyridine rings is 1. The van der Waals surface area contributed by atoms with Gasteiger partial charge >= 0.3 is 0 Å². The molecular weight excluding hydrogens is 268 g/mol. The standard InChI is InChI=1S/C15H12ClF2N/c16-14-7-9-3-1-2-4-11(9)15(19-14)12-6-5-10(17)8-13(12)18/h5-8H,1-4H2. The van der Waals surface area contributed by atoms with Gasteiger partial charge in [-0.15, -0.1) is 0 Å². The number of hydrogen-bond donors (Lipinski definition) is 0. The molecule has 0 atom stereocenters. The number of hydrogen-bond acceptors (Lipinski definition) is 1. The highest BCUT2D eigenvalue weighted by molar-refractivity contribution is 6.29. The maximum absolute atomic E-state index is 13.9. The smallest absolute Gasteiger partial charge is 0.135 e. The number of rotatable bonds is 1. The van der Waals surface area contributed by atoms with Crippen LogP contribution in [-0.2, 0) is 12.8 Å². The lowest BCUT2D eigenvalue weighted by atomic mass is 9.89. The molecule has 1 aromatic heterocycles. The van der Waals surface area contributed by atoms with Crippen molar-refractivity contribution in [2.75, 3.05) is 0 Å². The Morgan fingerprint density at radius 3 is 2.63 bits per heavy atom. The minimum Gasteiger partial charge on any atom is -0.236 e. The zero-order chi connectivity index (χ0) is 13.4. The summed E-state index contributed by atoms with van der Waals surface area (Å²) < 4.78 is 26.9. The number of aromatic nitrogens is 1. The van der Waals surface area contributed by atoms with Gasteiger partial charge in [0.25, 0.3) is 0 Å². The second kappa shape index (κ2) is 4.89. The lowest BCUT2D eigenvalue weighted by Gasteiger charge is -2.19. The SMILES string of the molecule is Fc1ccc(-c2nc(Cl)cc3c2CCCC3)c(F)c1. The summed E-state index contributed by atoms with van der Waals surface area (Å²) in [6.45, 7) is 0. The summed E-state index contributed by atoms with van der Waals surface area (Å²) in [7, 11) is 0. The third-order valence-electron chi connectivity index (χ3n) is 3.49. The molecule has 2 aromatic rings. The van der Waals surface area contributed by atoms with Gasteiger partial charge in [-0.3, -0.25) is 0 Å². The minimum atomic E-state index is -0.595. The molecule has 0 bridgehead atoms. The van der Waals surface area contributed by atoms with E-state index in [1.165, 1.54) is 12.1 Å². The molecule has 0 saturated carbocycles. The second-order valence-electron chi connectivity index (χ2n) is 4.76. The molecule has 1 aliphatic carbocycles. The molecule has 4 heteroatoms. The van der Waals surface area contributed by atoms with Crippen LogP contribution < -0.4 is 0 Å². The van der Waals surface area contributed by atoms with Crippen molar-refractivity contribution in [1.29, 1.82) is 0 Å². The van der Waals surface area contributed by atoms with E-state index in [1.54, 1.807) is 0 Å². The summed E-state index contributed by atoms with van der Waals surface area (Å²) in [6.07, 6.45) is 3.98. The Balaban J connectivity index is 2.21. The van der Waals surface area contributed by atoms with Crippen LogP contribution in [0.4, 0.5) is 8.78 Å². The molecule has 0 fully saturated rings. The van der Waals surface area contributed by atoms with Crippen molar-refractivity contribution < 1.29 is 8.78 Å². The van der Waals surface area contributed by atoms with E-state index < -0.39 is 11.6 Å². The Hall–Kier alpha value is -1.48. The third-order valence-corrected chi connectivity index (χ3v) is 3.69. The van der Waals surface area contributed by atoms with Crippen molar-refractivity contribution in [3.63, 3.8) is 0 Å². The Labute approximate surface area is 115 Å². The topological polar surface area (TPSA) is 12.9 Å². The highest BCUT2D eigenvalue weighted by atomic mass is 35.5. The Morgan fingerprint density at radius 2 is 1.84 bits per heavy atom. The van der Waals surface area contributed by atoms with Crippen molar-refractivity contribution in [1.82, 2.24) is 4.98 Å². The highest BCUT2D eigenvalue weighted by Crippen LogP contribution is 2.33. The molecule has 0 spiro atoms. The fourth-order valence-corrected chi connectivity index (χ4v) is 2.83. The van der Waals surface area contributed by atoms with Crippen LogP contribution in [0, 0.1) is 11.6 Å². The van der Waals surface area contributed by atoms with E-state index in [-0.39, 0.29) is 0 Å². The molecule has 1 nitrogen and oxygen atoms in total. The molecule has 0 unspecified atom stereocenters. The molecule has 1 aliphatic rings. The molecule has 0 radical (unpaired) electrons. The lowest BCUT2D eigenvalue weighted by Crippen LogP contribution is -2.07. The fourth-order valence-electron chi connectivity index (χ4n) is 2.61. The number of benzene rings is 1. The Kier molecular flexibility index (Phi) is 3.23. The molecule has 1 aromatic carbocycles. The number of fused-ring (bicyclic) bond motifs is 1. The predicted molar refractivity (Wildman–Crippen MR) is 71.2 cm³/mol. The van der Waals surface area contributed by atoms with Crippen molar-refractivity contribution in [2.45, 2.75) is 25.7 Å². The van der Waals surface area contributed by atoms with Gasteiger partial charge in [0, 0.05) is 11.6 Å². The van der Waals surface area contributed by atoms with Crippen LogP contribution in [-0.4, -0.2) is 4.98 Å². The van der Waals surface area contributed by atoms with Crippen molar-refractivity contribution >= 4 is 11.6 Å². The summed E-state index contributed by atoms with van der Waals surface area (Å²) in [4.78, 5) is 4.25. The average molecular weight is 280 g/mol. The largest absolute Gasteiger partial charge is 0.236 e. The van der Waals surface area contributed by atoms with Crippen LogP contribution >= 0.6 is 11.6 Å². The molecule has 19 heavy (non-hydrogen) atoms. The van der Waals surface area contributed by atoms with Gasteiger partial charge in [-0.25, -0.2) is 13.8 Å². The van der Waals surface area contributed by atoms with Gasteiger partial charge in [0.2, 0.25) is 0 Å². The normalized spacial score (nSPS) is 14.3. The van der Waals surface area contributed by atoms with Crippen LogP contribution in [0.2, 0.25) is 5.15 Å². The quantitative estimate of drug-likeness (QED) is 0.698. The molecule has 0 saturated heterocycles. The average Bonchev–Trinajstić information content (AvgIpc) is 2.38. The summed E-state index contributed by atoms with van der Waals surface area (Å²) in [6, 6.07) is 5.41. The van der Waals surface area contributed by atoms with Crippen molar-refractivity contribution in [2.24, 2.45) is 0 Å². The second-order valence-corrected chi connectivity index (χ2v) is 5.15. The first-order chi connectivity index (χ1) is 9.15. The van der Waals surface area contributed by atoms with E-state index in [4.69, 9.17) is 11.6 Å². The van der Waals surface area contributed by atoms with Crippen LogP contribution in [0.15, 0.2) is 24.3 Å². The predicted octanol–water partition coefficient (Wildman–Crippen LogP) is 4.56. The zero-order valence-electron chi connectivity index (χ0n) is 10.2. The fraction of sp³-hybridized carbons (Fsp3) is 0.267. The summed E-state index contributed by atoms with van der Waals surface area (Å²) in [5, 5.41) is 0.361. The maximum Gasteiger partial charge on any atom is 0.135 e. The van der Waals surface area contributed by atoms with E-state index in [1.807, 2.05) is 6.07 Å². The summed E-state index contributed by atoms with van der Waals surface area (Å²) >= 11 is 6.01. The van der Waals surface area contributed by atoms with E-state index in [9.17, 15) is 8.78 Å². The van der Waals surface area contributed by atoms with Crippen molar-refractivity contribution in [3.05, 3.63) is 52.2 Å². The van der Waals surface area contributed by atoms with E-state index in [0.717, 1.165) is 42.9 Å². The van der Waals surface area contributed by atoms with E-state index in [2.05, 4.69) is 4.98 Å². The third kappa shape index (κ3) is 2.35. The first-order valence-corrected chi connectivity index (χ1v) is 6.66. The van der Waals surface area contributed by atoms with Crippen LogP contribution in [0.1, 0.15) is 24.0 Å². The Morgan fingerprint density at radius 1 is 1.05 bits per heavy atom. The van der Waals surface area contributed by atoms with Crippen LogP contribution in [0.25, 0.3) is 11.3 Å². The highest BCUT2D eigenvalue weighted by Gasteiger charge is 2.19. The van der Waals surface area contributed by atoms with Gasteiger partial charge in [-0.2, -0.15) is 0 Å². The zero-order valence-corrected chi connectivity index (χ0v) is 11.0. The van der Waals surface area contributed by atoms with Crippen molar-refractivity contribution in [3.8, 4) is 11.3 Å². The number of nitrogens with zero attached hydrogens (tertiary/aromatic N) is 1. The van der Waals surface area contributed by atoms with Gasteiger partial charge in [-0.05, 0) is 55.0 Å². The minimum absolute atomic E-state index is 0.321. The first-order valence-electron chi connectivity index (χ1n) is 6.29. The first kappa shape index (κ1) is 12.5. The molecule has 0 amide bonds.